The third kappa shape index (κ3) is 3.09. The van der Waals surface area contributed by atoms with Crippen LogP contribution in [-0.2, 0) is 0 Å². The van der Waals surface area contributed by atoms with E-state index in [4.69, 9.17) is 9.78 Å². The standard InChI is InChI=1S/C16H16N4O2/c17-11-20-7-6-12(10-20)9-18-16(21)14-8-15(22-19-14)13-4-2-1-3-5-13/h1-5,8,12H,6-7,9-10H2,(H,18,21). The molecule has 0 saturated carbocycles. The summed E-state index contributed by atoms with van der Waals surface area (Å²) in [5.74, 6) is 0.632. The summed E-state index contributed by atoms with van der Waals surface area (Å²) in [6.07, 6.45) is 3.05. The number of nitriles is 1. The number of rotatable bonds is 4. The van der Waals surface area contributed by atoms with Crippen LogP contribution in [0.15, 0.2) is 40.9 Å². The average molecular weight is 296 g/mol. The number of carbonyl (C=O) groups excluding carboxylic acids is 1. The Kier molecular flexibility index (Phi) is 4.05. The molecule has 1 fully saturated rings. The molecule has 6 nitrogen and oxygen atoms in total. The minimum atomic E-state index is -0.249. The Balaban J connectivity index is 1.57. The molecule has 2 aromatic rings. The largest absolute Gasteiger partial charge is 0.355 e. The quantitative estimate of drug-likeness (QED) is 0.871. The first kappa shape index (κ1) is 14.1. The number of nitrogens with zero attached hydrogens (tertiary/aromatic N) is 3. The van der Waals surface area contributed by atoms with Crippen molar-refractivity contribution in [1.82, 2.24) is 15.4 Å². The lowest BCUT2D eigenvalue weighted by Gasteiger charge is -2.09. The first-order chi connectivity index (χ1) is 10.8. The molecule has 0 spiro atoms. The second-order valence-corrected chi connectivity index (χ2v) is 5.35. The molecule has 6 heteroatoms. The van der Waals surface area contributed by atoms with E-state index in [0.29, 0.717) is 24.8 Å². The summed E-state index contributed by atoms with van der Waals surface area (Å²) in [5, 5.41) is 15.5. The highest BCUT2D eigenvalue weighted by atomic mass is 16.5. The second kappa shape index (κ2) is 6.31. The maximum Gasteiger partial charge on any atom is 0.273 e. The molecule has 2 heterocycles. The Morgan fingerprint density at radius 3 is 3.00 bits per heavy atom. The monoisotopic (exact) mass is 296 g/mol. The second-order valence-electron chi connectivity index (χ2n) is 5.35. The fourth-order valence-electron chi connectivity index (χ4n) is 2.54. The van der Waals surface area contributed by atoms with Crippen molar-refractivity contribution in [3.63, 3.8) is 0 Å². The fourth-order valence-corrected chi connectivity index (χ4v) is 2.54. The van der Waals surface area contributed by atoms with Crippen molar-refractivity contribution in [1.29, 1.82) is 5.26 Å². The number of nitrogens with one attached hydrogen (secondary N) is 1. The van der Waals surface area contributed by atoms with Crippen molar-refractivity contribution in [3.05, 3.63) is 42.1 Å². The zero-order chi connectivity index (χ0) is 15.4. The molecule has 1 N–H and O–H groups in total. The Labute approximate surface area is 128 Å². The van der Waals surface area contributed by atoms with Gasteiger partial charge in [0.25, 0.3) is 5.91 Å². The van der Waals surface area contributed by atoms with Gasteiger partial charge < -0.3 is 14.7 Å². The van der Waals surface area contributed by atoms with E-state index in [1.807, 2.05) is 30.3 Å². The van der Waals surface area contributed by atoms with E-state index >= 15 is 0 Å². The van der Waals surface area contributed by atoms with Gasteiger partial charge in [-0.15, -0.1) is 0 Å². The maximum atomic E-state index is 12.1. The molecule has 1 aromatic heterocycles. The minimum absolute atomic E-state index is 0.249. The molecule has 1 aliphatic heterocycles. The number of hydrogen-bond donors (Lipinski definition) is 1. The first-order valence-electron chi connectivity index (χ1n) is 7.21. The Bertz CT molecular complexity index is 690. The van der Waals surface area contributed by atoms with E-state index in [9.17, 15) is 4.79 Å². The highest BCUT2D eigenvalue weighted by molar-refractivity contribution is 5.93. The van der Waals surface area contributed by atoms with Gasteiger partial charge >= 0.3 is 0 Å². The molecule has 0 radical (unpaired) electrons. The highest BCUT2D eigenvalue weighted by Gasteiger charge is 2.22. The number of carbonyl (C=O) groups is 1. The van der Waals surface area contributed by atoms with Crippen molar-refractivity contribution >= 4 is 5.91 Å². The number of benzene rings is 1. The summed E-state index contributed by atoms with van der Waals surface area (Å²) in [4.78, 5) is 13.8. The topological polar surface area (TPSA) is 82.2 Å². The van der Waals surface area contributed by atoms with Gasteiger partial charge in [-0.05, 0) is 12.3 Å². The zero-order valence-electron chi connectivity index (χ0n) is 12.0. The molecule has 112 valence electrons. The molecular formula is C16H16N4O2. The van der Waals surface area contributed by atoms with Crippen LogP contribution < -0.4 is 5.32 Å². The average Bonchev–Trinajstić information content (AvgIpc) is 3.22. The van der Waals surface area contributed by atoms with Gasteiger partial charge in [-0.25, -0.2) is 0 Å². The molecule has 0 bridgehead atoms. The van der Waals surface area contributed by atoms with Crippen LogP contribution in [0, 0.1) is 17.4 Å². The van der Waals surface area contributed by atoms with E-state index < -0.39 is 0 Å². The Hall–Kier alpha value is -2.81. The molecule has 1 aromatic carbocycles. The van der Waals surface area contributed by atoms with E-state index in [0.717, 1.165) is 18.5 Å². The van der Waals surface area contributed by atoms with Crippen LogP contribution in [0.4, 0.5) is 0 Å². The first-order valence-corrected chi connectivity index (χ1v) is 7.21. The molecule has 3 rings (SSSR count). The maximum absolute atomic E-state index is 12.1. The SMILES string of the molecule is N#CN1CCC(CNC(=O)c2cc(-c3ccccc3)on2)C1. The van der Waals surface area contributed by atoms with Crippen LogP contribution in [0.2, 0.25) is 0 Å². The van der Waals surface area contributed by atoms with Gasteiger partial charge in [0.2, 0.25) is 0 Å². The van der Waals surface area contributed by atoms with Crippen LogP contribution in [0.3, 0.4) is 0 Å². The molecular weight excluding hydrogens is 280 g/mol. The molecule has 1 amide bonds. The van der Waals surface area contributed by atoms with Crippen molar-refractivity contribution in [2.24, 2.45) is 5.92 Å². The number of hydrogen-bond acceptors (Lipinski definition) is 5. The third-order valence-electron chi connectivity index (χ3n) is 3.78. The van der Waals surface area contributed by atoms with E-state index in [-0.39, 0.29) is 11.6 Å². The van der Waals surface area contributed by atoms with Gasteiger partial charge in [0, 0.05) is 31.3 Å². The van der Waals surface area contributed by atoms with Crippen LogP contribution in [-0.4, -0.2) is 35.6 Å². The van der Waals surface area contributed by atoms with Crippen molar-refractivity contribution < 1.29 is 9.32 Å². The summed E-state index contributed by atoms with van der Waals surface area (Å²) >= 11 is 0. The van der Waals surface area contributed by atoms with Gasteiger partial charge in [-0.3, -0.25) is 4.79 Å². The zero-order valence-corrected chi connectivity index (χ0v) is 12.0. The van der Waals surface area contributed by atoms with Gasteiger partial charge in [-0.1, -0.05) is 35.5 Å². The van der Waals surface area contributed by atoms with Crippen molar-refractivity contribution in [2.75, 3.05) is 19.6 Å². The third-order valence-corrected chi connectivity index (χ3v) is 3.78. The number of amides is 1. The van der Waals surface area contributed by atoms with E-state index in [1.165, 1.54) is 0 Å². The minimum Gasteiger partial charge on any atom is -0.355 e. The molecule has 1 saturated heterocycles. The van der Waals surface area contributed by atoms with Crippen molar-refractivity contribution in [3.8, 4) is 17.5 Å². The van der Waals surface area contributed by atoms with Gasteiger partial charge in [0.15, 0.2) is 17.6 Å². The van der Waals surface area contributed by atoms with Crippen molar-refractivity contribution in [2.45, 2.75) is 6.42 Å². The predicted octanol–water partition coefficient (Wildman–Crippen LogP) is 1.87. The van der Waals surface area contributed by atoms with Crippen LogP contribution in [0.5, 0.6) is 0 Å². The van der Waals surface area contributed by atoms with Gasteiger partial charge in [0.05, 0.1) is 0 Å². The molecule has 1 atom stereocenters. The summed E-state index contributed by atoms with van der Waals surface area (Å²) in [6.45, 7) is 2.01. The fraction of sp³-hybridized carbons (Fsp3) is 0.312. The van der Waals surface area contributed by atoms with Crippen LogP contribution in [0.1, 0.15) is 16.9 Å². The summed E-state index contributed by atoms with van der Waals surface area (Å²) in [5.41, 5.74) is 1.16. The Morgan fingerprint density at radius 1 is 1.45 bits per heavy atom. The molecule has 1 aliphatic rings. The molecule has 1 unspecified atom stereocenters. The van der Waals surface area contributed by atoms with Crippen LogP contribution >= 0.6 is 0 Å². The summed E-state index contributed by atoms with van der Waals surface area (Å²) in [7, 11) is 0. The number of aromatic nitrogens is 1. The smallest absolute Gasteiger partial charge is 0.273 e. The summed E-state index contributed by atoms with van der Waals surface area (Å²) < 4.78 is 5.22. The predicted molar refractivity (Wildman–Crippen MR) is 79.6 cm³/mol. The molecule has 22 heavy (non-hydrogen) atoms. The normalized spacial score (nSPS) is 17.2. The number of likely N-dealkylation sites (tertiary alicyclic amines) is 1. The van der Waals surface area contributed by atoms with E-state index in [1.54, 1.807) is 11.0 Å². The lowest BCUT2D eigenvalue weighted by atomic mass is 10.1. The van der Waals surface area contributed by atoms with Gasteiger partial charge in [-0.2, -0.15) is 5.26 Å². The lowest BCUT2D eigenvalue weighted by molar-refractivity contribution is 0.0939. The lowest BCUT2D eigenvalue weighted by Crippen LogP contribution is -2.30. The Morgan fingerprint density at radius 2 is 2.27 bits per heavy atom. The highest BCUT2D eigenvalue weighted by Crippen LogP contribution is 2.20. The van der Waals surface area contributed by atoms with E-state index in [2.05, 4.69) is 16.7 Å². The molecule has 0 aliphatic carbocycles. The summed E-state index contributed by atoms with van der Waals surface area (Å²) in [6, 6.07) is 11.2. The van der Waals surface area contributed by atoms with Crippen LogP contribution in [0.25, 0.3) is 11.3 Å². The van der Waals surface area contributed by atoms with Gasteiger partial charge in [0.1, 0.15) is 0 Å².